The Morgan fingerprint density at radius 3 is 2.37 bits per heavy atom. The van der Waals surface area contributed by atoms with Crippen LogP contribution in [0.3, 0.4) is 0 Å². The molecule has 2 nitrogen and oxygen atoms in total. The van der Waals surface area contributed by atoms with Gasteiger partial charge in [-0.15, -0.1) is 0 Å². The number of ketones is 1. The predicted molar refractivity (Wildman–Crippen MR) is 80.0 cm³/mol. The number of hydrogen-bond donors (Lipinski definition) is 1. The van der Waals surface area contributed by atoms with Gasteiger partial charge in [0.2, 0.25) is 0 Å². The van der Waals surface area contributed by atoms with Gasteiger partial charge in [-0.05, 0) is 29.9 Å². The highest BCUT2D eigenvalue weighted by Crippen LogP contribution is 2.35. The van der Waals surface area contributed by atoms with E-state index in [1.54, 1.807) is 0 Å². The van der Waals surface area contributed by atoms with Crippen molar-refractivity contribution in [3.05, 3.63) is 28.8 Å². The molecule has 0 saturated heterocycles. The molecule has 2 heteroatoms. The maximum atomic E-state index is 12.3. The lowest BCUT2D eigenvalue weighted by Crippen LogP contribution is -2.14. The third-order valence-corrected chi connectivity index (χ3v) is 3.48. The lowest BCUT2D eigenvalue weighted by molar-refractivity contribution is 0.0976. The summed E-state index contributed by atoms with van der Waals surface area (Å²) in [5, 5.41) is 10.4. The molecule has 106 valence electrons. The summed E-state index contributed by atoms with van der Waals surface area (Å²) in [5.41, 5.74) is 2.07. The Balaban J connectivity index is 3.09. The fraction of sp³-hybridized carbons (Fsp3) is 0.588. The van der Waals surface area contributed by atoms with Gasteiger partial charge in [0, 0.05) is 6.42 Å². The van der Waals surface area contributed by atoms with Crippen molar-refractivity contribution >= 4 is 5.78 Å². The lowest BCUT2D eigenvalue weighted by Gasteiger charge is -2.22. The van der Waals surface area contributed by atoms with Crippen LogP contribution in [0.15, 0.2) is 12.1 Å². The van der Waals surface area contributed by atoms with Crippen molar-refractivity contribution in [2.45, 2.75) is 65.7 Å². The maximum Gasteiger partial charge on any atom is 0.166 e. The third kappa shape index (κ3) is 3.82. The zero-order chi connectivity index (χ0) is 14.6. The minimum atomic E-state index is -0.157. The SMILES string of the molecule is CCCCCC(=O)c1c(C)ccc(C(C)(C)C)c1O. The Morgan fingerprint density at radius 2 is 1.84 bits per heavy atom. The van der Waals surface area contributed by atoms with Gasteiger partial charge in [-0.25, -0.2) is 0 Å². The quantitative estimate of drug-likeness (QED) is 0.613. The monoisotopic (exact) mass is 262 g/mol. The molecule has 0 aliphatic heterocycles. The minimum Gasteiger partial charge on any atom is -0.507 e. The molecule has 0 aromatic heterocycles. The van der Waals surface area contributed by atoms with Crippen molar-refractivity contribution in [3.63, 3.8) is 0 Å². The van der Waals surface area contributed by atoms with E-state index in [-0.39, 0.29) is 16.9 Å². The molecule has 0 amide bonds. The molecule has 1 N–H and O–H groups in total. The average molecular weight is 262 g/mol. The van der Waals surface area contributed by atoms with E-state index in [2.05, 4.69) is 6.92 Å². The third-order valence-electron chi connectivity index (χ3n) is 3.48. The number of carbonyl (C=O) groups is 1. The van der Waals surface area contributed by atoms with Crippen LogP contribution in [0, 0.1) is 6.92 Å². The number of phenolic OH excluding ortho intramolecular Hbond substituents is 1. The van der Waals surface area contributed by atoms with Gasteiger partial charge in [-0.2, -0.15) is 0 Å². The Bertz CT molecular complexity index is 453. The second kappa shape index (κ2) is 6.23. The summed E-state index contributed by atoms with van der Waals surface area (Å²) < 4.78 is 0. The summed E-state index contributed by atoms with van der Waals surface area (Å²) in [6, 6.07) is 3.86. The summed E-state index contributed by atoms with van der Waals surface area (Å²) in [6.07, 6.45) is 3.58. The van der Waals surface area contributed by atoms with Gasteiger partial charge in [0.15, 0.2) is 5.78 Å². The van der Waals surface area contributed by atoms with Gasteiger partial charge in [0.25, 0.3) is 0 Å². The van der Waals surface area contributed by atoms with Crippen LogP contribution in [0.1, 0.15) is 74.9 Å². The van der Waals surface area contributed by atoms with Crippen LogP contribution >= 0.6 is 0 Å². The first-order chi connectivity index (χ1) is 8.79. The lowest BCUT2D eigenvalue weighted by atomic mass is 9.83. The molecule has 19 heavy (non-hydrogen) atoms. The normalized spacial score (nSPS) is 11.6. The van der Waals surface area contributed by atoms with Gasteiger partial charge in [-0.3, -0.25) is 4.79 Å². The van der Waals surface area contributed by atoms with Crippen LogP contribution in [0.4, 0.5) is 0 Å². The molecule has 0 heterocycles. The van der Waals surface area contributed by atoms with E-state index in [9.17, 15) is 9.90 Å². The number of rotatable bonds is 5. The number of unbranched alkanes of at least 4 members (excludes halogenated alkanes) is 2. The van der Waals surface area contributed by atoms with Crippen molar-refractivity contribution in [1.82, 2.24) is 0 Å². The minimum absolute atomic E-state index is 0.0644. The molecule has 0 atom stereocenters. The van der Waals surface area contributed by atoms with Crippen LogP contribution in [0.25, 0.3) is 0 Å². The molecule has 0 unspecified atom stereocenters. The molecule has 1 rings (SSSR count). The molecule has 0 aliphatic rings. The molecule has 0 saturated carbocycles. The van der Waals surface area contributed by atoms with E-state index in [0.717, 1.165) is 30.4 Å². The Labute approximate surface area is 116 Å². The van der Waals surface area contributed by atoms with Crippen LogP contribution in [0.2, 0.25) is 0 Å². The first-order valence-corrected chi connectivity index (χ1v) is 7.15. The summed E-state index contributed by atoms with van der Waals surface area (Å²) in [6.45, 7) is 10.1. The molecule has 1 aromatic rings. The van der Waals surface area contributed by atoms with Gasteiger partial charge < -0.3 is 5.11 Å². The molecule has 0 bridgehead atoms. The van der Waals surface area contributed by atoms with Gasteiger partial charge in [0.1, 0.15) is 5.75 Å². The van der Waals surface area contributed by atoms with E-state index in [1.807, 2.05) is 39.8 Å². The van der Waals surface area contributed by atoms with Crippen molar-refractivity contribution < 1.29 is 9.90 Å². The van der Waals surface area contributed by atoms with Crippen LogP contribution in [-0.4, -0.2) is 10.9 Å². The van der Waals surface area contributed by atoms with Crippen molar-refractivity contribution in [3.8, 4) is 5.75 Å². The van der Waals surface area contributed by atoms with Gasteiger partial charge >= 0.3 is 0 Å². The van der Waals surface area contributed by atoms with E-state index in [1.165, 1.54) is 0 Å². The number of hydrogen-bond acceptors (Lipinski definition) is 2. The Kier molecular flexibility index (Phi) is 5.16. The molecule has 1 aromatic carbocycles. The van der Waals surface area contributed by atoms with Gasteiger partial charge in [-0.1, -0.05) is 52.7 Å². The highest BCUT2D eigenvalue weighted by Gasteiger charge is 2.23. The first-order valence-electron chi connectivity index (χ1n) is 7.15. The van der Waals surface area contributed by atoms with Gasteiger partial charge in [0.05, 0.1) is 5.56 Å². The average Bonchev–Trinajstić information content (AvgIpc) is 2.27. The highest BCUT2D eigenvalue weighted by atomic mass is 16.3. The van der Waals surface area contributed by atoms with E-state index >= 15 is 0 Å². The van der Waals surface area contributed by atoms with Crippen molar-refractivity contribution in [2.75, 3.05) is 0 Å². The number of carbonyl (C=O) groups excluding carboxylic acids is 1. The number of aromatic hydroxyl groups is 1. The number of benzene rings is 1. The number of aryl methyl sites for hydroxylation is 1. The molecule has 0 radical (unpaired) electrons. The number of phenols is 1. The van der Waals surface area contributed by atoms with Crippen LogP contribution in [0.5, 0.6) is 5.75 Å². The largest absolute Gasteiger partial charge is 0.507 e. The first kappa shape index (κ1) is 15.7. The molecule has 0 spiro atoms. The zero-order valence-corrected chi connectivity index (χ0v) is 12.8. The van der Waals surface area contributed by atoms with E-state index in [0.29, 0.717) is 12.0 Å². The fourth-order valence-electron chi connectivity index (χ4n) is 2.31. The fourth-order valence-corrected chi connectivity index (χ4v) is 2.31. The summed E-state index contributed by atoms with van der Waals surface area (Å²) in [4.78, 5) is 12.3. The van der Waals surface area contributed by atoms with Crippen molar-refractivity contribution in [2.24, 2.45) is 0 Å². The standard InChI is InChI=1S/C17H26O2/c1-6-7-8-9-14(18)15-12(2)10-11-13(16(15)19)17(3,4)5/h10-11,19H,6-9H2,1-5H3. The highest BCUT2D eigenvalue weighted by molar-refractivity contribution is 6.00. The molecular weight excluding hydrogens is 236 g/mol. The maximum absolute atomic E-state index is 12.3. The molecular formula is C17H26O2. The topological polar surface area (TPSA) is 37.3 Å². The summed E-state index contributed by atoms with van der Waals surface area (Å²) in [5.74, 6) is 0.239. The van der Waals surface area contributed by atoms with Crippen LogP contribution in [-0.2, 0) is 5.41 Å². The Morgan fingerprint density at radius 1 is 1.21 bits per heavy atom. The smallest absolute Gasteiger partial charge is 0.166 e. The zero-order valence-electron chi connectivity index (χ0n) is 12.8. The van der Waals surface area contributed by atoms with Crippen molar-refractivity contribution in [1.29, 1.82) is 0 Å². The molecule has 0 aliphatic carbocycles. The van der Waals surface area contributed by atoms with E-state index in [4.69, 9.17) is 0 Å². The second-order valence-electron chi connectivity index (χ2n) is 6.28. The second-order valence-corrected chi connectivity index (χ2v) is 6.28. The Hall–Kier alpha value is -1.31. The van der Waals surface area contributed by atoms with E-state index < -0.39 is 0 Å². The summed E-state index contributed by atoms with van der Waals surface area (Å²) >= 11 is 0. The number of Topliss-reactive ketones (excluding diaryl/α,β-unsaturated/α-hetero) is 1. The predicted octanol–water partition coefficient (Wildman–Crippen LogP) is 4.76. The summed E-state index contributed by atoms with van der Waals surface area (Å²) in [7, 11) is 0. The van der Waals surface area contributed by atoms with Crippen LogP contribution < -0.4 is 0 Å². The molecule has 0 fully saturated rings.